The molecule has 3 heterocycles. The van der Waals surface area contributed by atoms with Gasteiger partial charge in [-0.3, -0.25) is 14.5 Å². The van der Waals surface area contributed by atoms with Crippen molar-refractivity contribution >= 4 is 40.1 Å². The summed E-state index contributed by atoms with van der Waals surface area (Å²) in [6.07, 6.45) is 4.78. The zero-order valence-electron chi connectivity index (χ0n) is 15.0. The number of fused-ring (bicyclic) bond motifs is 1. The average Bonchev–Trinajstić information content (AvgIpc) is 3.25. The molecular weight excluding hydrogens is 364 g/mol. The molecule has 0 aliphatic carbocycles. The molecule has 0 saturated heterocycles. The molecule has 0 aliphatic heterocycles. The summed E-state index contributed by atoms with van der Waals surface area (Å²) in [6, 6.07) is 5.06. The first-order valence-electron chi connectivity index (χ1n) is 8.20. The van der Waals surface area contributed by atoms with E-state index in [4.69, 9.17) is 10.2 Å². The van der Waals surface area contributed by atoms with Gasteiger partial charge in [-0.1, -0.05) is 0 Å². The first kappa shape index (κ1) is 17.3. The molecule has 142 valence electrons. The minimum Gasteiger partial charge on any atom is -0.408 e. The molecule has 0 aliphatic rings. The molecule has 0 spiro atoms. The molecule has 0 unspecified atom stereocenters. The Labute approximate surface area is 157 Å². The van der Waals surface area contributed by atoms with Gasteiger partial charge < -0.3 is 20.4 Å². The predicted molar refractivity (Wildman–Crippen MR) is 102 cm³/mol. The van der Waals surface area contributed by atoms with Gasteiger partial charge in [-0.2, -0.15) is 10.1 Å². The van der Waals surface area contributed by atoms with Gasteiger partial charge in [0, 0.05) is 32.2 Å². The van der Waals surface area contributed by atoms with Gasteiger partial charge in [0.15, 0.2) is 11.4 Å². The monoisotopic (exact) mass is 380 g/mol. The van der Waals surface area contributed by atoms with E-state index in [2.05, 4.69) is 25.4 Å². The second kappa shape index (κ2) is 6.54. The number of primary amides is 1. The first-order chi connectivity index (χ1) is 13.4. The number of amides is 1. The number of hydrogen-bond donors (Lipinski definition) is 3. The number of carbonyl (C=O) groups excluding carboxylic acids is 1. The topological polar surface area (TPSA) is 148 Å². The molecule has 4 aromatic rings. The summed E-state index contributed by atoms with van der Waals surface area (Å²) < 4.78 is 6.62. The third-order valence-corrected chi connectivity index (χ3v) is 4.11. The molecule has 0 radical (unpaired) electrons. The molecule has 0 bridgehead atoms. The summed E-state index contributed by atoms with van der Waals surface area (Å²) in [5.41, 5.74) is 7.98. The van der Waals surface area contributed by atoms with Gasteiger partial charge in [0.1, 0.15) is 5.56 Å². The smallest absolute Gasteiger partial charge is 0.408 e. The molecule has 0 fully saturated rings. The maximum absolute atomic E-state index is 11.8. The fourth-order valence-corrected chi connectivity index (χ4v) is 2.73. The van der Waals surface area contributed by atoms with Crippen LogP contribution >= 0.6 is 0 Å². The van der Waals surface area contributed by atoms with E-state index in [0.717, 1.165) is 5.69 Å². The lowest BCUT2D eigenvalue weighted by Gasteiger charge is -2.19. The van der Waals surface area contributed by atoms with Crippen LogP contribution < -0.4 is 21.7 Å². The Bertz CT molecular complexity index is 1240. The minimum atomic E-state index is -0.644. The number of aromatic nitrogens is 5. The SMILES string of the molecule is CN(c1cnn(C)c1)c1nc(Nc2ccc3oc(=O)[nH]c3c2)ncc1C(N)=O. The fourth-order valence-electron chi connectivity index (χ4n) is 2.73. The molecule has 11 heteroatoms. The standard InChI is InChI=1S/C17H16N8O3/c1-24-8-10(6-20-24)25(2)15-11(14(18)26)7-19-16(23-15)21-9-3-4-13-12(5-9)22-17(27)28-13/h3-8H,1-2H3,(H2,18,26)(H,22,27)(H,19,21,23). The number of nitrogens with one attached hydrogen (secondary N) is 2. The highest BCUT2D eigenvalue weighted by molar-refractivity contribution is 5.98. The number of rotatable bonds is 5. The van der Waals surface area contributed by atoms with E-state index in [1.54, 1.807) is 54.3 Å². The number of anilines is 4. The Morgan fingerprint density at radius 3 is 2.89 bits per heavy atom. The van der Waals surface area contributed by atoms with Crippen molar-refractivity contribution < 1.29 is 9.21 Å². The molecule has 1 aromatic carbocycles. The average molecular weight is 380 g/mol. The molecule has 3 aromatic heterocycles. The van der Waals surface area contributed by atoms with E-state index in [0.29, 0.717) is 22.6 Å². The van der Waals surface area contributed by atoms with E-state index in [-0.39, 0.29) is 11.5 Å². The van der Waals surface area contributed by atoms with E-state index < -0.39 is 11.7 Å². The van der Waals surface area contributed by atoms with Gasteiger partial charge in [-0.15, -0.1) is 0 Å². The number of hydrogen-bond acceptors (Lipinski definition) is 8. The number of aryl methyl sites for hydroxylation is 1. The van der Waals surface area contributed by atoms with Gasteiger partial charge >= 0.3 is 5.76 Å². The highest BCUT2D eigenvalue weighted by Crippen LogP contribution is 2.26. The Kier molecular flexibility index (Phi) is 4.03. The Balaban J connectivity index is 1.71. The zero-order valence-corrected chi connectivity index (χ0v) is 15.0. The van der Waals surface area contributed by atoms with Gasteiger partial charge in [0.05, 0.1) is 17.4 Å². The third kappa shape index (κ3) is 3.16. The lowest BCUT2D eigenvalue weighted by atomic mass is 10.2. The molecule has 0 atom stereocenters. The van der Waals surface area contributed by atoms with Crippen molar-refractivity contribution in [2.24, 2.45) is 12.8 Å². The van der Waals surface area contributed by atoms with Crippen LogP contribution in [0.25, 0.3) is 11.1 Å². The third-order valence-electron chi connectivity index (χ3n) is 4.11. The maximum atomic E-state index is 11.8. The van der Waals surface area contributed by atoms with E-state index in [1.165, 1.54) is 6.20 Å². The summed E-state index contributed by atoms with van der Waals surface area (Å²) in [4.78, 5) is 36.0. The van der Waals surface area contributed by atoms with E-state index in [1.807, 2.05) is 0 Å². The van der Waals surface area contributed by atoms with E-state index >= 15 is 0 Å². The lowest BCUT2D eigenvalue weighted by molar-refractivity contribution is 0.100. The second-order valence-electron chi connectivity index (χ2n) is 6.08. The molecule has 0 saturated carbocycles. The number of H-pyrrole nitrogens is 1. The maximum Gasteiger partial charge on any atom is 0.417 e. The van der Waals surface area contributed by atoms with Crippen LogP contribution in [0.4, 0.5) is 23.1 Å². The Morgan fingerprint density at radius 1 is 1.36 bits per heavy atom. The number of nitrogens with zero attached hydrogens (tertiary/aromatic N) is 5. The second-order valence-corrected chi connectivity index (χ2v) is 6.08. The van der Waals surface area contributed by atoms with Crippen LogP contribution in [0.2, 0.25) is 0 Å². The van der Waals surface area contributed by atoms with Crippen LogP contribution in [0.3, 0.4) is 0 Å². The number of carbonyl (C=O) groups is 1. The predicted octanol–water partition coefficient (Wildman–Crippen LogP) is 1.25. The van der Waals surface area contributed by atoms with Gasteiger partial charge in [0.2, 0.25) is 5.95 Å². The molecule has 4 rings (SSSR count). The van der Waals surface area contributed by atoms with Crippen molar-refractivity contribution in [1.29, 1.82) is 0 Å². The quantitative estimate of drug-likeness (QED) is 0.468. The fraction of sp³-hybridized carbons (Fsp3) is 0.118. The Hall–Kier alpha value is -4.15. The lowest BCUT2D eigenvalue weighted by Crippen LogP contribution is -2.20. The van der Waals surface area contributed by atoms with Crippen molar-refractivity contribution in [2.45, 2.75) is 0 Å². The first-order valence-corrected chi connectivity index (χ1v) is 8.20. The molecular formula is C17H16N8O3. The van der Waals surface area contributed by atoms with Gasteiger partial charge in [-0.25, -0.2) is 9.78 Å². The van der Waals surface area contributed by atoms with Crippen LogP contribution in [0, 0.1) is 0 Å². The molecule has 28 heavy (non-hydrogen) atoms. The van der Waals surface area contributed by atoms with Crippen molar-refractivity contribution in [3.63, 3.8) is 0 Å². The summed E-state index contributed by atoms with van der Waals surface area (Å²) in [5.74, 6) is -0.596. The van der Waals surface area contributed by atoms with E-state index in [9.17, 15) is 9.59 Å². The van der Waals surface area contributed by atoms with Crippen LogP contribution in [0.15, 0.2) is 46.0 Å². The Morgan fingerprint density at radius 2 is 2.18 bits per heavy atom. The molecule has 11 nitrogen and oxygen atoms in total. The molecule has 4 N–H and O–H groups in total. The van der Waals surface area contributed by atoms with Crippen molar-refractivity contribution in [1.82, 2.24) is 24.7 Å². The largest absolute Gasteiger partial charge is 0.417 e. The normalized spacial score (nSPS) is 10.9. The van der Waals surface area contributed by atoms with Crippen LogP contribution in [0.1, 0.15) is 10.4 Å². The van der Waals surface area contributed by atoms with Crippen molar-refractivity contribution in [2.75, 3.05) is 17.3 Å². The summed E-state index contributed by atoms with van der Waals surface area (Å²) >= 11 is 0. The summed E-state index contributed by atoms with van der Waals surface area (Å²) in [6.45, 7) is 0. The van der Waals surface area contributed by atoms with Gasteiger partial charge in [0.25, 0.3) is 5.91 Å². The van der Waals surface area contributed by atoms with Crippen molar-refractivity contribution in [3.8, 4) is 0 Å². The zero-order chi connectivity index (χ0) is 19.8. The van der Waals surface area contributed by atoms with Crippen LogP contribution in [-0.2, 0) is 7.05 Å². The van der Waals surface area contributed by atoms with Gasteiger partial charge in [-0.05, 0) is 18.2 Å². The number of nitrogens with two attached hydrogens (primary N) is 1. The minimum absolute atomic E-state index is 0.173. The summed E-state index contributed by atoms with van der Waals surface area (Å²) in [5, 5.41) is 7.16. The van der Waals surface area contributed by atoms with Crippen molar-refractivity contribution in [3.05, 3.63) is 52.9 Å². The number of oxazole rings is 1. The highest BCUT2D eigenvalue weighted by Gasteiger charge is 2.18. The van der Waals surface area contributed by atoms with Crippen LogP contribution in [0.5, 0.6) is 0 Å². The van der Waals surface area contributed by atoms with Crippen LogP contribution in [-0.4, -0.2) is 37.7 Å². The highest BCUT2D eigenvalue weighted by atomic mass is 16.4. The number of aromatic amines is 1. The molecule has 1 amide bonds. The number of benzene rings is 1. The summed E-state index contributed by atoms with van der Waals surface area (Å²) in [7, 11) is 3.54.